The molecule has 4 heterocycles. The Morgan fingerprint density at radius 2 is 1.65 bits per heavy atom. The molecule has 1 N–H and O–H groups in total. The molecule has 0 aliphatic heterocycles. The maximum atomic E-state index is 11.7. The number of thiazole rings is 1. The third-order valence-corrected chi connectivity index (χ3v) is 6.73. The molecule has 0 saturated heterocycles. The highest BCUT2D eigenvalue weighted by molar-refractivity contribution is 7.12. The van der Waals surface area contributed by atoms with E-state index in [1.165, 1.54) is 16.2 Å². The fourth-order valence-corrected chi connectivity index (χ4v) is 4.89. The zero-order valence-electron chi connectivity index (χ0n) is 20.4. The summed E-state index contributed by atoms with van der Waals surface area (Å²) in [5, 5.41) is 5.88. The summed E-state index contributed by atoms with van der Waals surface area (Å²) in [6.45, 7) is 12.2. The highest BCUT2D eigenvalue weighted by Crippen LogP contribution is 2.30. The number of amides is 1. The Morgan fingerprint density at radius 3 is 2.29 bits per heavy atom. The molecule has 176 valence electrons. The Kier molecular flexibility index (Phi) is 8.73. The Bertz CT molecular complexity index is 1370. The minimum Gasteiger partial charge on any atom is -0.321 e. The molecular formula is C27H30N4OS2. The number of benzene rings is 1. The van der Waals surface area contributed by atoms with Crippen LogP contribution in [0.2, 0.25) is 0 Å². The first kappa shape index (κ1) is 25.3. The van der Waals surface area contributed by atoms with Crippen LogP contribution in [-0.2, 0) is 0 Å². The number of carbonyl (C=O) groups is 1. The van der Waals surface area contributed by atoms with E-state index in [-0.39, 0.29) is 5.91 Å². The largest absolute Gasteiger partial charge is 0.321 e. The Morgan fingerprint density at radius 1 is 0.912 bits per heavy atom. The Labute approximate surface area is 209 Å². The molecule has 0 unspecified atom stereocenters. The third-order valence-electron chi connectivity index (χ3n) is 4.97. The Hall–Kier alpha value is -3.29. The average Bonchev–Trinajstić information content (AvgIpc) is 3.55. The Balaban J connectivity index is 0.000000179. The van der Waals surface area contributed by atoms with Crippen LogP contribution in [0.15, 0.2) is 66.2 Å². The standard InChI is InChI=1S/C13H13N3S.C12H11NOS.C2H6/c1-8-13(12-9(2)17-10(3)15-12)16-7-5-4-6-11(16)14-8;1-9-5-2-3-6-10(9)13-12(14)11-7-4-8-15-11;1-2/h4-7H,1-3H3;2-8H,1H3,(H,13,14);1-2H3. The van der Waals surface area contributed by atoms with Gasteiger partial charge in [-0.15, -0.1) is 22.7 Å². The van der Waals surface area contributed by atoms with Crippen LogP contribution < -0.4 is 5.32 Å². The second kappa shape index (κ2) is 11.7. The average molecular weight is 491 g/mol. The van der Waals surface area contributed by atoms with Gasteiger partial charge >= 0.3 is 0 Å². The molecule has 0 aliphatic rings. The van der Waals surface area contributed by atoms with E-state index in [1.54, 1.807) is 11.3 Å². The number of carbonyl (C=O) groups excluding carboxylic acids is 1. The maximum absolute atomic E-state index is 11.7. The van der Waals surface area contributed by atoms with E-state index in [1.807, 2.05) is 101 Å². The molecule has 5 nitrogen and oxygen atoms in total. The van der Waals surface area contributed by atoms with Crippen LogP contribution in [0.3, 0.4) is 0 Å². The minimum absolute atomic E-state index is 0.0423. The molecule has 0 fully saturated rings. The van der Waals surface area contributed by atoms with Crippen molar-refractivity contribution in [3.8, 4) is 11.4 Å². The number of thiophene rings is 1. The number of nitrogens with one attached hydrogen (secondary N) is 1. The van der Waals surface area contributed by atoms with Gasteiger partial charge in [0, 0.05) is 16.8 Å². The summed E-state index contributed by atoms with van der Waals surface area (Å²) in [6.07, 6.45) is 2.04. The third kappa shape index (κ3) is 5.79. The monoisotopic (exact) mass is 490 g/mol. The first-order chi connectivity index (χ1) is 16.4. The van der Waals surface area contributed by atoms with Gasteiger partial charge in [-0.3, -0.25) is 9.20 Å². The van der Waals surface area contributed by atoms with Crippen LogP contribution in [-0.4, -0.2) is 20.3 Å². The number of anilines is 1. The van der Waals surface area contributed by atoms with Crippen molar-refractivity contribution in [2.24, 2.45) is 0 Å². The number of imidazole rings is 1. The SMILES string of the molecule is CC.Cc1ccccc1NC(=O)c1cccs1.Cc1nc(-c2c(C)nc3ccccn23)c(C)s1. The summed E-state index contributed by atoms with van der Waals surface area (Å²) in [7, 11) is 0. The minimum atomic E-state index is -0.0423. The van der Waals surface area contributed by atoms with Crippen LogP contribution in [0.4, 0.5) is 5.69 Å². The zero-order chi connectivity index (χ0) is 24.7. The van der Waals surface area contributed by atoms with Crippen molar-refractivity contribution in [3.05, 3.63) is 92.2 Å². The molecule has 0 bridgehead atoms. The van der Waals surface area contributed by atoms with E-state index in [0.717, 1.165) is 43.9 Å². The van der Waals surface area contributed by atoms with Gasteiger partial charge in [0.2, 0.25) is 0 Å². The summed E-state index contributed by atoms with van der Waals surface area (Å²) >= 11 is 3.18. The predicted octanol–water partition coefficient (Wildman–Crippen LogP) is 7.72. The van der Waals surface area contributed by atoms with Gasteiger partial charge in [0.15, 0.2) is 0 Å². The van der Waals surface area contributed by atoms with Crippen molar-refractivity contribution >= 4 is 39.9 Å². The molecule has 5 aromatic rings. The molecule has 4 aromatic heterocycles. The van der Waals surface area contributed by atoms with E-state index >= 15 is 0 Å². The topological polar surface area (TPSA) is 59.3 Å². The summed E-state index contributed by atoms with van der Waals surface area (Å²) in [4.78, 5) is 22.9. The van der Waals surface area contributed by atoms with E-state index in [4.69, 9.17) is 0 Å². The molecule has 0 radical (unpaired) electrons. The molecule has 7 heteroatoms. The molecule has 0 atom stereocenters. The van der Waals surface area contributed by atoms with Crippen molar-refractivity contribution < 1.29 is 4.79 Å². The van der Waals surface area contributed by atoms with Gasteiger partial charge in [0.05, 0.1) is 21.3 Å². The lowest BCUT2D eigenvalue weighted by Gasteiger charge is -2.06. The molecule has 1 aromatic carbocycles. The molecule has 1 amide bonds. The smallest absolute Gasteiger partial charge is 0.265 e. The zero-order valence-corrected chi connectivity index (χ0v) is 22.1. The van der Waals surface area contributed by atoms with Crippen LogP contribution >= 0.6 is 22.7 Å². The number of pyridine rings is 1. The van der Waals surface area contributed by atoms with E-state index < -0.39 is 0 Å². The van der Waals surface area contributed by atoms with Gasteiger partial charge in [0.1, 0.15) is 11.3 Å². The van der Waals surface area contributed by atoms with Crippen molar-refractivity contribution in [1.82, 2.24) is 14.4 Å². The van der Waals surface area contributed by atoms with Crippen LogP contribution in [0.25, 0.3) is 17.0 Å². The van der Waals surface area contributed by atoms with Gasteiger partial charge in [-0.2, -0.15) is 0 Å². The van der Waals surface area contributed by atoms with E-state index in [2.05, 4.69) is 26.6 Å². The maximum Gasteiger partial charge on any atom is 0.265 e. The van der Waals surface area contributed by atoms with Crippen molar-refractivity contribution in [1.29, 1.82) is 0 Å². The first-order valence-corrected chi connectivity index (χ1v) is 12.9. The highest BCUT2D eigenvalue weighted by atomic mass is 32.1. The van der Waals surface area contributed by atoms with Crippen molar-refractivity contribution in [2.45, 2.75) is 41.5 Å². The van der Waals surface area contributed by atoms with Gasteiger partial charge in [-0.05, 0) is 62.9 Å². The van der Waals surface area contributed by atoms with Crippen LogP contribution in [0.1, 0.15) is 44.7 Å². The lowest BCUT2D eigenvalue weighted by Crippen LogP contribution is -2.10. The number of para-hydroxylation sites is 1. The second-order valence-corrected chi connectivity index (χ2v) is 9.71. The molecule has 5 rings (SSSR count). The number of rotatable bonds is 3. The number of hydrogen-bond donors (Lipinski definition) is 1. The first-order valence-electron chi connectivity index (χ1n) is 11.2. The van der Waals surface area contributed by atoms with Gasteiger partial charge in [-0.25, -0.2) is 9.97 Å². The van der Waals surface area contributed by atoms with E-state index in [9.17, 15) is 4.79 Å². The lowest BCUT2D eigenvalue weighted by atomic mass is 10.2. The molecular weight excluding hydrogens is 460 g/mol. The van der Waals surface area contributed by atoms with Crippen LogP contribution in [0.5, 0.6) is 0 Å². The quantitative estimate of drug-likeness (QED) is 0.282. The molecule has 0 saturated carbocycles. The van der Waals surface area contributed by atoms with Crippen molar-refractivity contribution in [3.63, 3.8) is 0 Å². The fourth-order valence-electron chi connectivity index (χ4n) is 3.45. The molecule has 34 heavy (non-hydrogen) atoms. The summed E-state index contributed by atoms with van der Waals surface area (Å²) in [6, 6.07) is 17.5. The fraction of sp³-hybridized carbons (Fsp3) is 0.222. The number of nitrogens with zero attached hydrogens (tertiary/aromatic N) is 3. The normalized spacial score (nSPS) is 10.2. The van der Waals surface area contributed by atoms with E-state index in [0.29, 0.717) is 0 Å². The lowest BCUT2D eigenvalue weighted by molar-refractivity contribution is 0.103. The number of fused-ring (bicyclic) bond motifs is 1. The summed E-state index contributed by atoms with van der Waals surface area (Å²) in [5.41, 5.74) is 6.12. The highest BCUT2D eigenvalue weighted by Gasteiger charge is 2.15. The van der Waals surface area contributed by atoms with Gasteiger partial charge in [-0.1, -0.05) is 44.2 Å². The predicted molar refractivity (Wildman–Crippen MR) is 145 cm³/mol. The number of hydrogen-bond acceptors (Lipinski definition) is 5. The number of aryl methyl sites for hydroxylation is 4. The summed E-state index contributed by atoms with van der Waals surface area (Å²) < 4.78 is 2.11. The number of aromatic nitrogens is 3. The second-order valence-electron chi connectivity index (χ2n) is 7.36. The molecule has 0 spiro atoms. The van der Waals surface area contributed by atoms with Gasteiger partial charge < -0.3 is 5.32 Å². The molecule has 0 aliphatic carbocycles. The van der Waals surface area contributed by atoms with Crippen molar-refractivity contribution in [2.75, 3.05) is 5.32 Å². The van der Waals surface area contributed by atoms with Crippen LogP contribution in [0, 0.1) is 27.7 Å². The van der Waals surface area contributed by atoms with Gasteiger partial charge in [0.25, 0.3) is 5.91 Å². The summed E-state index contributed by atoms with van der Waals surface area (Å²) in [5.74, 6) is -0.0423.